The van der Waals surface area contributed by atoms with Gasteiger partial charge in [0.15, 0.2) is 11.2 Å². The summed E-state index contributed by atoms with van der Waals surface area (Å²) in [6.45, 7) is 1.57. The van der Waals surface area contributed by atoms with Crippen LogP contribution in [0.3, 0.4) is 0 Å². The molecule has 0 bridgehead atoms. The highest BCUT2D eigenvalue weighted by molar-refractivity contribution is 5.69. The highest BCUT2D eigenvalue weighted by atomic mass is 16.5. The SMILES string of the molecule is COCCn1c(=O)[nH]c(=O)c2c1ncn2CCN. The molecule has 8 nitrogen and oxygen atoms in total. The smallest absolute Gasteiger partial charge is 0.330 e. The highest BCUT2D eigenvalue weighted by Crippen LogP contribution is 2.05. The lowest BCUT2D eigenvalue weighted by Crippen LogP contribution is -2.32. The summed E-state index contributed by atoms with van der Waals surface area (Å²) in [4.78, 5) is 29.9. The zero-order chi connectivity index (χ0) is 13.1. The van der Waals surface area contributed by atoms with Crippen molar-refractivity contribution >= 4 is 11.2 Å². The molecule has 0 radical (unpaired) electrons. The maximum atomic E-state index is 11.8. The van der Waals surface area contributed by atoms with Gasteiger partial charge < -0.3 is 15.0 Å². The molecule has 3 N–H and O–H groups in total. The third-order valence-corrected chi connectivity index (χ3v) is 2.64. The van der Waals surface area contributed by atoms with E-state index in [1.165, 1.54) is 10.9 Å². The molecular formula is C10H15N5O3. The molecule has 8 heteroatoms. The van der Waals surface area contributed by atoms with Crippen LogP contribution in [0.1, 0.15) is 0 Å². The van der Waals surface area contributed by atoms with Gasteiger partial charge in [0.05, 0.1) is 19.5 Å². The number of H-pyrrole nitrogens is 1. The van der Waals surface area contributed by atoms with Gasteiger partial charge in [0.1, 0.15) is 0 Å². The number of rotatable bonds is 5. The standard InChI is InChI=1S/C10H15N5O3/c1-18-5-4-15-8-7(9(16)13-10(15)17)14(3-2-11)6-12-8/h6H,2-5,11H2,1H3,(H,13,16,17). The molecule has 0 spiro atoms. The minimum Gasteiger partial charge on any atom is -0.383 e. The first-order valence-corrected chi connectivity index (χ1v) is 5.56. The molecule has 0 unspecified atom stereocenters. The number of hydrogen-bond acceptors (Lipinski definition) is 5. The van der Waals surface area contributed by atoms with Gasteiger partial charge in [0.2, 0.25) is 0 Å². The number of methoxy groups -OCH3 is 1. The van der Waals surface area contributed by atoms with Crippen LogP contribution in [-0.4, -0.2) is 39.4 Å². The van der Waals surface area contributed by atoms with Crippen LogP contribution in [0.15, 0.2) is 15.9 Å². The number of fused-ring (bicyclic) bond motifs is 1. The monoisotopic (exact) mass is 253 g/mol. The minimum atomic E-state index is -0.484. The van der Waals surface area contributed by atoms with Crippen LogP contribution in [0.2, 0.25) is 0 Å². The molecule has 0 aliphatic carbocycles. The van der Waals surface area contributed by atoms with E-state index in [4.69, 9.17) is 10.5 Å². The molecule has 2 aromatic heterocycles. The Morgan fingerprint density at radius 1 is 1.44 bits per heavy atom. The first-order valence-electron chi connectivity index (χ1n) is 5.56. The lowest BCUT2D eigenvalue weighted by atomic mass is 10.4. The first kappa shape index (κ1) is 12.5. The average Bonchev–Trinajstić information content (AvgIpc) is 2.74. The van der Waals surface area contributed by atoms with E-state index in [0.717, 1.165) is 0 Å². The van der Waals surface area contributed by atoms with E-state index >= 15 is 0 Å². The molecule has 2 rings (SSSR count). The van der Waals surface area contributed by atoms with Crippen molar-refractivity contribution in [2.45, 2.75) is 13.1 Å². The van der Waals surface area contributed by atoms with E-state index in [0.29, 0.717) is 37.4 Å². The van der Waals surface area contributed by atoms with E-state index in [2.05, 4.69) is 9.97 Å². The molecular weight excluding hydrogens is 238 g/mol. The molecule has 0 saturated heterocycles. The third kappa shape index (κ3) is 2.07. The minimum absolute atomic E-state index is 0.336. The normalized spacial score (nSPS) is 11.2. The van der Waals surface area contributed by atoms with E-state index < -0.39 is 11.2 Å². The van der Waals surface area contributed by atoms with Crippen molar-refractivity contribution < 1.29 is 4.74 Å². The summed E-state index contributed by atoms with van der Waals surface area (Å²) in [5, 5.41) is 0. The zero-order valence-corrected chi connectivity index (χ0v) is 10.0. The van der Waals surface area contributed by atoms with Gasteiger partial charge in [-0.25, -0.2) is 9.78 Å². The summed E-state index contributed by atoms with van der Waals surface area (Å²) in [7, 11) is 1.54. The molecule has 98 valence electrons. The number of aromatic amines is 1. The van der Waals surface area contributed by atoms with Crippen LogP contribution < -0.4 is 17.0 Å². The summed E-state index contributed by atoms with van der Waals surface area (Å²) >= 11 is 0. The van der Waals surface area contributed by atoms with Gasteiger partial charge in [-0.05, 0) is 0 Å². The number of nitrogens with one attached hydrogen (secondary N) is 1. The lowest BCUT2D eigenvalue weighted by Gasteiger charge is -2.06. The maximum absolute atomic E-state index is 11.8. The van der Waals surface area contributed by atoms with Crippen LogP contribution in [0.4, 0.5) is 0 Å². The van der Waals surface area contributed by atoms with Crippen LogP contribution in [0.25, 0.3) is 11.2 Å². The van der Waals surface area contributed by atoms with Crippen molar-refractivity contribution in [3.8, 4) is 0 Å². The maximum Gasteiger partial charge on any atom is 0.330 e. The van der Waals surface area contributed by atoms with Crippen LogP contribution >= 0.6 is 0 Å². The summed E-state index contributed by atoms with van der Waals surface area (Å²) in [5.74, 6) is 0. The Hall–Kier alpha value is -1.93. The zero-order valence-electron chi connectivity index (χ0n) is 10.0. The predicted octanol–water partition coefficient (Wildman–Crippen LogP) is -1.51. The average molecular weight is 253 g/mol. The molecule has 0 atom stereocenters. The number of nitrogens with zero attached hydrogens (tertiary/aromatic N) is 3. The second-order valence-corrected chi connectivity index (χ2v) is 3.80. The summed E-state index contributed by atoms with van der Waals surface area (Å²) in [6, 6.07) is 0. The lowest BCUT2D eigenvalue weighted by molar-refractivity contribution is 0.187. The second kappa shape index (κ2) is 5.15. The Balaban J connectivity index is 2.64. The summed E-state index contributed by atoms with van der Waals surface area (Å²) in [6.07, 6.45) is 1.51. The quantitative estimate of drug-likeness (QED) is 0.673. The number of ether oxygens (including phenoxy) is 1. The fourth-order valence-electron chi connectivity index (χ4n) is 1.82. The molecule has 0 amide bonds. The number of hydrogen-bond donors (Lipinski definition) is 2. The molecule has 2 heterocycles. The van der Waals surface area contributed by atoms with Crippen molar-refractivity contribution in [1.82, 2.24) is 19.1 Å². The number of imidazole rings is 1. The molecule has 0 aliphatic heterocycles. The molecule has 0 saturated carbocycles. The van der Waals surface area contributed by atoms with Gasteiger partial charge >= 0.3 is 5.69 Å². The van der Waals surface area contributed by atoms with Crippen molar-refractivity contribution in [2.75, 3.05) is 20.3 Å². The molecule has 2 aromatic rings. The molecule has 0 fully saturated rings. The van der Waals surface area contributed by atoms with E-state index in [9.17, 15) is 9.59 Å². The fourth-order valence-corrected chi connectivity index (χ4v) is 1.82. The molecule has 0 aliphatic rings. The largest absolute Gasteiger partial charge is 0.383 e. The van der Waals surface area contributed by atoms with Gasteiger partial charge in [-0.2, -0.15) is 0 Å². The van der Waals surface area contributed by atoms with Crippen LogP contribution in [0, 0.1) is 0 Å². The molecule has 0 aromatic carbocycles. The second-order valence-electron chi connectivity index (χ2n) is 3.80. The van der Waals surface area contributed by atoms with E-state index in [1.807, 2.05) is 0 Å². The number of nitrogens with two attached hydrogens (primary N) is 1. The van der Waals surface area contributed by atoms with Gasteiger partial charge in [-0.15, -0.1) is 0 Å². The Labute approximate surface area is 102 Å². The number of aromatic nitrogens is 4. The van der Waals surface area contributed by atoms with Crippen molar-refractivity contribution in [3.63, 3.8) is 0 Å². The Bertz CT molecular complexity index is 654. The van der Waals surface area contributed by atoms with Gasteiger partial charge in [-0.3, -0.25) is 14.3 Å². The first-order chi connectivity index (χ1) is 8.69. The van der Waals surface area contributed by atoms with E-state index in [1.54, 1.807) is 11.7 Å². The summed E-state index contributed by atoms with van der Waals surface area (Å²) < 4.78 is 7.95. The highest BCUT2D eigenvalue weighted by Gasteiger charge is 2.12. The topological polar surface area (TPSA) is 108 Å². The Morgan fingerprint density at radius 2 is 2.22 bits per heavy atom. The van der Waals surface area contributed by atoms with Crippen molar-refractivity contribution in [2.24, 2.45) is 5.73 Å². The van der Waals surface area contributed by atoms with E-state index in [-0.39, 0.29) is 0 Å². The van der Waals surface area contributed by atoms with Gasteiger partial charge in [0, 0.05) is 20.2 Å². The summed E-state index contributed by atoms with van der Waals surface area (Å²) in [5.41, 5.74) is 5.24. The van der Waals surface area contributed by atoms with Gasteiger partial charge in [-0.1, -0.05) is 0 Å². The molecule has 18 heavy (non-hydrogen) atoms. The van der Waals surface area contributed by atoms with Crippen molar-refractivity contribution in [3.05, 3.63) is 27.2 Å². The Morgan fingerprint density at radius 3 is 2.89 bits per heavy atom. The van der Waals surface area contributed by atoms with Crippen molar-refractivity contribution in [1.29, 1.82) is 0 Å². The third-order valence-electron chi connectivity index (χ3n) is 2.64. The Kier molecular flexibility index (Phi) is 3.58. The van der Waals surface area contributed by atoms with Crippen LogP contribution in [0.5, 0.6) is 0 Å². The van der Waals surface area contributed by atoms with Crippen LogP contribution in [-0.2, 0) is 17.8 Å². The predicted molar refractivity (Wildman–Crippen MR) is 65.5 cm³/mol. The van der Waals surface area contributed by atoms with Gasteiger partial charge in [0.25, 0.3) is 5.56 Å². The fraction of sp³-hybridized carbons (Fsp3) is 0.500.